The maximum atomic E-state index is 12.9. The van der Waals surface area contributed by atoms with E-state index in [4.69, 9.17) is 11.6 Å². The maximum Gasteiger partial charge on any atom is 0.305 e. The molecule has 3 heterocycles. The van der Waals surface area contributed by atoms with E-state index in [0.717, 1.165) is 16.4 Å². The van der Waals surface area contributed by atoms with Gasteiger partial charge in [-0.25, -0.2) is 9.97 Å². The molecule has 0 aliphatic heterocycles. The first kappa shape index (κ1) is 22.8. The molecule has 33 heavy (non-hydrogen) atoms. The topological polar surface area (TPSA) is 120 Å². The number of carbonyl (C=O) groups is 2. The van der Waals surface area contributed by atoms with E-state index in [9.17, 15) is 14.7 Å². The Bertz CT molecular complexity index is 1270. The molecule has 1 aromatic carbocycles. The number of hydrogen-bond acceptors (Lipinski definition) is 6. The monoisotopic (exact) mass is 483 g/mol. The van der Waals surface area contributed by atoms with Gasteiger partial charge in [0.1, 0.15) is 17.7 Å². The van der Waals surface area contributed by atoms with Crippen LogP contribution in [0.15, 0.2) is 55.0 Å². The van der Waals surface area contributed by atoms with Crippen molar-refractivity contribution in [3.05, 3.63) is 75.5 Å². The fourth-order valence-corrected chi connectivity index (χ4v) is 4.83. The molecule has 0 saturated carbocycles. The van der Waals surface area contributed by atoms with Crippen molar-refractivity contribution in [1.29, 1.82) is 0 Å². The van der Waals surface area contributed by atoms with Crippen LogP contribution in [0.2, 0.25) is 4.34 Å². The molecule has 8 nitrogen and oxygen atoms in total. The number of carboxylic acids is 1. The summed E-state index contributed by atoms with van der Waals surface area (Å²) in [6, 6.07) is 12.5. The molecule has 0 radical (unpaired) electrons. The minimum Gasteiger partial charge on any atom is -0.481 e. The van der Waals surface area contributed by atoms with Crippen molar-refractivity contribution >= 4 is 51.5 Å². The molecule has 2 atom stereocenters. The molecule has 0 spiro atoms. The lowest BCUT2D eigenvalue weighted by Gasteiger charge is -2.19. The number of aromatic amines is 1. The molecule has 4 rings (SSSR count). The third-order valence-electron chi connectivity index (χ3n) is 5.12. The highest BCUT2D eigenvalue weighted by Gasteiger charge is 2.21. The predicted octanol–water partition coefficient (Wildman–Crippen LogP) is 4.66. The zero-order chi connectivity index (χ0) is 23.4. The van der Waals surface area contributed by atoms with Gasteiger partial charge in [-0.15, -0.1) is 11.3 Å². The maximum absolute atomic E-state index is 12.9. The van der Waals surface area contributed by atoms with Crippen molar-refractivity contribution < 1.29 is 14.7 Å². The predicted molar refractivity (Wildman–Crippen MR) is 129 cm³/mol. The lowest BCUT2D eigenvalue weighted by atomic mass is 10.0. The summed E-state index contributed by atoms with van der Waals surface area (Å²) in [5.41, 5.74) is 2.32. The van der Waals surface area contributed by atoms with Gasteiger partial charge in [0.15, 0.2) is 0 Å². The fourth-order valence-electron chi connectivity index (χ4n) is 3.62. The number of nitrogens with one attached hydrogen (secondary N) is 3. The summed E-state index contributed by atoms with van der Waals surface area (Å²) in [4.78, 5) is 36.6. The zero-order valence-corrected chi connectivity index (χ0v) is 19.3. The summed E-state index contributed by atoms with van der Waals surface area (Å²) in [7, 11) is 0. The number of thiophene rings is 1. The lowest BCUT2D eigenvalue weighted by Crippen LogP contribution is -2.31. The number of anilines is 1. The molecule has 1 amide bonds. The number of aliphatic carboxylic acids is 1. The standard InChI is InChI=1S/C23H22ClN5O3S/c1-13(10-16-6-7-19(24)33-16)28-15-4-2-14(3-5-15)18(11-20(30)31)29-23(32)21-17-8-9-25-22(17)27-12-26-21/h2-9,12-13,18,28H,10-11H2,1H3,(H,29,32)(H,30,31)(H,25,26,27)/t13-,18+/m0/s1. The minimum atomic E-state index is -1.01. The quantitative estimate of drug-likeness (QED) is 0.275. The van der Waals surface area contributed by atoms with E-state index in [1.165, 1.54) is 11.2 Å². The normalized spacial score (nSPS) is 12.9. The van der Waals surface area contributed by atoms with Crippen molar-refractivity contribution in [3.63, 3.8) is 0 Å². The molecule has 0 aliphatic rings. The number of carboxylic acid groups (broad SMARTS) is 1. The third kappa shape index (κ3) is 5.68. The molecule has 4 N–H and O–H groups in total. The van der Waals surface area contributed by atoms with Crippen LogP contribution in [0.4, 0.5) is 5.69 Å². The van der Waals surface area contributed by atoms with E-state index < -0.39 is 17.9 Å². The number of benzene rings is 1. The van der Waals surface area contributed by atoms with Gasteiger partial charge in [0.05, 0.1) is 22.2 Å². The Labute approximate surface area is 199 Å². The second-order valence-electron chi connectivity index (χ2n) is 7.66. The summed E-state index contributed by atoms with van der Waals surface area (Å²) >= 11 is 7.57. The molecule has 0 fully saturated rings. The van der Waals surface area contributed by atoms with E-state index in [0.29, 0.717) is 16.6 Å². The number of fused-ring (bicyclic) bond motifs is 1. The Morgan fingerprint density at radius 1 is 1.15 bits per heavy atom. The number of amides is 1. The van der Waals surface area contributed by atoms with Crippen LogP contribution in [-0.2, 0) is 11.2 Å². The molecular formula is C23H22ClN5O3S. The van der Waals surface area contributed by atoms with Crippen LogP contribution in [0.25, 0.3) is 11.0 Å². The summed E-state index contributed by atoms with van der Waals surface area (Å²) in [5, 5.41) is 16.2. The molecule has 0 unspecified atom stereocenters. The Morgan fingerprint density at radius 2 is 1.94 bits per heavy atom. The van der Waals surface area contributed by atoms with Gasteiger partial charge in [0.2, 0.25) is 0 Å². The molecule has 0 bridgehead atoms. The van der Waals surface area contributed by atoms with Gasteiger partial charge in [-0.3, -0.25) is 9.59 Å². The van der Waals surface area contributed by atoms with E-state index in [1.54, 1.807) is 23.6 Å². The van der Waals surface area contributed by atoms with Gasteiger partial charge in [-0.2, -0.15) is 0 Å². The van der Waals surface area contributed by atoms with Crippen molar-refractivity contribution in [2.45, 2.75) is 31.8 Å². The number of carbonyl (C=O) groups excluding carboxylic acids is 1. The smallest absolute Gasteiger partial charge is 0.305 e. The van der Waals surface area contributed by atoms with Crippen molar-refractivity contribution in [2.24, 2.45) is 0 Å². The molecule has 0 saturated heterocycles. The molecule has 3 aromatic heterocycles. The van der Waals surface area contributed by atoms with Crippen LogP contribution in [0.3, 0.4) is 0 Å². The summed E-state index contributed by atoms with van der Waals surface area (Å²) in [6.07, 6.45) is 3.55. The molecule has 10 heteroatoms. The number of hydrogen-bond donors (Lipinski definition) is 4. The van der Waals surface area contributed by atoms with Gasteiger partial charge in [-0.05, 0) is 42.8 Å². The summed E-state index contributed by atoms with van der Waals surface area (Å²) in [5.74, 6) is -1.47. The first-order valence-corrected chi connectivity index (χ1v) is 11.5. The summed E-state index contributed by atoms with van der Waals surface area (Å²) < 4.78 is 0.771. The first-order chi connectivity index (χ1) is 15.9. The molecular weight excluding hydrogens is 462 g/mol. The second kappa shape index (κ2) is 10.0. The highest BCUT2D eigenvalue weighted by Crippen LogP contribution is 2.24. The highest BCUT2D eigenvalue weighted by atomic mass is 35.5. The van der Waals surface area contributed by atoms with Crippen LogP contribution in [0.5, 0.6) is 0 Å². The number of nitrogens with zero attached hydrogens (tertiary/aromatic N) is 2. The van der Waals surface area contributed by atoms with Crippen LogP contribution in [0, 0.1) is 0 Å². The Hall–Kier alpha value is -3.43. The number of aromatic nitrogens is 3. The second-order valence-corrected chi connectivity index (χ2v) is 9.46. The molecule has 0 aliphatic carbocycles. The van der Waals surface area contributed by atoms with E-state index >= 15 is 0 Å². The Kier molecular flexibility index (Phi) is 6.90. The number of halogens is 1. The van der Waals surface area contributed by atoms with Crippen LogP contribution in [-0.4, -0.2) is 38.0 Å². The van der Waals surface area contributed by atoms with Gasteiger partial charge in [0.25, 0.3) is 5.91 Å². The van der Waals surface area contributed by atoms with Gasteiger partial charge in [-0.1, -0.05) is 23.7 Å². The van der Waals surface area contributed by atoms with Crippen molar-refractivity contribution in [2.75, 3.05) is 5.32 Å². The first-order valence-electron chi connectivity index (χ1n) is 10.3. The average Bonchev–Trinajstić information content (AvgIpc) is 3.41. The number of H-pyrrole nitrogens is 1. The van der Waals surface area contributed by atoms with E-state index in [1.807, 2.05) is 36.4 Å². The van der Waals surface area contributed by atoms with Gasteiger partial charge >= 0.3 is 5.97 Å². The Balaban J connectivity index is 1.46. The molecule has 170 valence electrons. The van der Waals surface area contributed by atoms with E-state index in [-0.39, 0.29) is 18.2 Å². The van der Waals surface area contributed by atoms with Crippen LogP contribution in [0.1, 0.15) is 40.3 Å². The largest absolute Gasteiger partial charge is 0.481 e. The zero-order valence-electron chi connectivity index (χ0n) is 17.7. The SMILES string of the molecule is C[C@@H](Cc1ccc(Cl)s1)Nc1ccc([C@@H](CC(=O)O)NC(=O)c2ncnc3[nH]ccc23)cc1. The van der Waals surface area contributed by atoms with Crippen LogP contribution < -0.4 is 10.6 Å². The van der Waals surface area contributed by atoms with Crippen molar-refractivity contribution in [3.8, 4) is 0 Å². The van der Waals surface area contributed by atoms with Gasteiger partial charge < -0.3 is 20.7 Å². The average molecular weight is 484 g/mol. The highest BCUT2D eigenvalue weighted by molar-refractivity contribution is 7.16. The number of rotatable bonds is 9. The lowest BCUT2D eigenvalue weighted by molar-refractivity contribution is -0.137. The fraction of sp³-hybridized carbons (Fsp3) is 0.217. The third-order valence-corrected chi connectivity index (χ3v) is 6.37. The minimum absolute atomic E-state index is 0.182. The van der Waals surface area contributed by atoms with Gasteiger partial charge in [0, 0.05) is 29.2 Å². The van der Waals surface area contributed by atoms with Crippen LogP contribution >= 0.6 is 22.9 Å². The van der Waals surface area contributed by atoms with E-state index in [2.05, 4.69) is 32.5 Å². The Morgan fingerprint density at radius 3 is 2.64 bits per heavy atom. The molecule has 4 aromatic rings. The summed E-state index contributed by atoms with van der Waals surface area (Å²) in [6.45, 7) is 2.08. The van der Waals surface area contributed by atoms with Crippen molar-refractivity contribution in [1.82, 2.24) is 20.3 Å².